The number of rotatable bonds is 8. The Morgan fingerprint density at radius 1 is 1.18 bits per heavy atom. The van der Waals surface area contributed by atoms with E-state index in [-0.39, 0.29) is 12.5 Å². The molecular weight excluding hydrogens is 432 g/mol. The zero-order chi connectivity index (χ0) is 23.2. The van der Waals surface area contributed by atoms with Gasteiger partial charge in [0.15, 0.2) is 10.6 Å². The van der Waals surface area contributed by atoms with Gasteiger partial charge >= 0.3 is 0 Å². The number of H-pyrrole nitrogens is 1. The quantitative estimate of drug-likeness (QED) is 0.466. The lowest BCUT2D eigenvalue weighted by Gasteiger charge is -2.32. The monoisotopic (exact) mass is 464 g/mol. The lowest BCUT2D eigenvalue weighted by Crippen LogP contribution is -2.40. The second kappa shape index (κ2) is 10.8. The number of aromatic nitrogens is 3. The lowest BCUT2D eigenvalue weighted by molar-refractivity contribution is -0.133. The van der Waals surface area contributed by atoms with Crippen molar-refractivity contribution in [1.29, 1.82) is 0 Å². The van der Waals surface area contributed by atoms with Crippen LogP contribution in [0.1, 0.15) is 37.3 Å². The number of carbonyl (C=O) groups excluding carboxylic acids is 1. The number of piperidine rings is 1. The number of carbonyl (C=O) groups is 1. The zero-order valence-corrected chi connectivity index (χ0v) is 20.2. The van der Waals surface area contributed by atoms with Crippen molar-refractivity contribution in [3.05, 3.63) is 64.4 Å². The zero-order valence-electron chi connectivity index (χ0n) is 19.4. The lowest BCUT2D eigenvalue weighted by atomic mass is 9.90. The van der Waals surface area contributed by atoms with E-state index in [1.165, 1.54) is 5.56 Å². The predicted octanol–water partition coefficient (Wildman–Crippen LogP) is 5.19. The van der Waals surface area contributed by atoms with Crippen molar-refractivity contribution in [3.63, 3.8) is 0 Å². The molecule has 3 aromatic rings. The minimum atomic E-state index is 0.103. The molecule has 0 spiro atoms. The first-order valence-electron chi connectivity index (χ1n) is 11.7. The van der Waals surface area contributed by atoms with Crippen molar-refractivity contribution in [2.24, 2.45) is 5.92 Å². The molecule has 2 aromatic carbocycles. The Morgan fingerprint density at radius 3 is 2.64 bits per heavy atom. The maximum Gasteiger partial charge on any atom is 0.242 e. The summed E-state index contributed by atoms with van der Waals surface area (Å²) in [5, 5.41) is 7.22. The third-order valence-electron chi connectivity index (χ3n) is 6.37. The van der Waals surface area contributed by atoms with Crippen molar-refractivity contribution in [2.45, 2.75) is 46.1 Å². The highest BCUT2D eigenvalue weighted by Crippen LogP contribution is 2.24. The van der Waals surface area contributed by atoms with E-state index < -0.39 is 0 Å². The molecule has 1 fully saturated rings. The highest BCUT2D eigenvalue weighted by atomic mass is 32.1. The van der Waals surface area contributed by atoms with E-state index in [2.05, 4.69) is 28.4 Å². The first-order chi connectivity index (χ1) is 16.0. The average molecular weight is 465 g/mol. The maximum absolute atomic E-state index is 13.0. The molecule has 0 aliphatic carbocycles. The van der Waals surface area contributed by atoms with Gasteiger partial charge in [0.05, 0.1) is 6.61 Å². The molecule has 33 heavy (non-hydrogen) atoms. The van der Waals surface area contributed by atoms with Crippen molar-refractivity contribution >= 4 is 18.1 Å². The normalized spacial score (nSPS) is 14.4. The summed E-state index contributed by atoms with van der Waals surface area (Å²) in [7, 11) is 0. The van der Waals surface area contributed by atoms with E-state index in [4.69, 9.17) is 17.0 Å². The van der Waals surface area contributed by atoms with Crippen LogP contribution in [0.5, 0.6) is 5.75 Å². The smallest absolute Gasteiger partial charge is 0.242 e. The molecule has 4 rings (SSSR count). The molecule has 1 N–H and O–H groups in total. The molecule has 0 unspecified atom stereocenters. The van der Waals surface area contributed by atoms with Gasteiger partial charge in [-0.3, -0.25) is 14.5 Å². The second-order valence-electron chi connectivity index (χ2n) is 8.75. The van der Waals surface area contributed by atoms with Gasteiger partial charge in [0.2, 0.25) is 5.91 Å². The minimum absolute atomic E-state index is 0.103. The molecule has 174 valence electrons. The van der Waals surface area contributed by atoms with Crippen LogP contribution in [-0.4, -0.2) is 45.3 Å². The summed E-state index contributed by atoms with van der Waals surface area (Å²) >= 11 is 5.41. The highest BCUT2D eigenvalue weighted by Gasteiger charge is 2.24. The first kappa shape index (κ1) is 23.2. The van der Waals surface area contributed by atoms with Crippen molar-refractivity contribution in [3.8, 4) is 17.1 Å². The van der Waals surface area contributed by atoms with Gasteiger partial charge in [-0.05, 0) is 81.4 Å². The summed E-state index contributed by atoms with van der Waals surface area (Å²) in [5.74, 6) is 2.39. The summed E-state index contributed by atoms with van der Waals surface area (Å²) in [5.41, 5.74) is 3.45. The van der Waals surface area contributed by atoms with Gasteiger partial charge in [-0.15, -0.1) is 0 Å². The van der Waals surface area contributed by atoms with Crippen LogP contribution in [0.2, 0.25) is 0 Å². The molecule has 1 aromatic heterocycles. The van der Waals surface area contributed by atoms with Crippen LogP contribution in [0.25, 0.3) is 11.4 Å². The average Bonchev–Trinajstić information content (AvgIpc) is 3.19. The van der Waals surface area contributed by atoms with Gasteiger partial charge in [-0.1, -0.05) is 35.9 Å². The number of nitrogens with one attached hydrogen (secondary N) is 1. The standard InChI is InChI=1S/C26H32N4O2S/c1-3-32-23-11-9-20(10-12-23)7-8-21-13-15-29(16-14-21)24(31)18-30-25(27-28-26(30)33)22-6-4-5-19(2)17-22/h4-6,9-12,17,21H,3,7-8,13-16,18H2,1-2H3,(H,28,33). The Kier molecular flexibility index (Phi) is 7.60. The van der Waals surface area contributed by atoms with E-state index in [9.17, 15) is 4.79 Å². The van der Waals surface area contributed by atoms with Crippen molar-refractivity contribution < 1.29 is 9.53 Å². The van der Waals surface area contributed by atoms with Crippen LogP contribution in [0.15, 0.2) is 48.5 Å². The van der Waals surface area contributed by atoms with Crippen LogP contribution in [0.3, 0.4) is 0 Å². The van der Waals surface area contributed by atoms with E-state index in [1.54, 1.807) is 0 Å². The Balaban J connectivity index is 1.29. The van der Waals surface area contributed by atoms with E-state index in [0.717, 1.165) is 55.6 Å². The third-order valence-corrected chi connectivity index (χ3v) is 6.68. The van der Waals surface area contributed by atoms with Crippen LogP contribution in [-0.2, 0) is 17.8 Å². The number of amides is 1. The summed E-state index contributed by atoms with van der Waals surface area (Å²) in [6.07, 6.45) is 4.31. The number of nitrogens with zero attached hydrogens (tertiary/aromatic N) is 3. The topological polar surface area (TPSA) is 63.1 Å². The van der Waals surface area contributed by atoms with Crippen LogP contribution in [0.4, 0.5) is 0 Å². The molecule has 1 amide bonds. The van der Waals surface area contributed by atoms with E-state index >= 15 is 0 Å². The number of aryl methyl sites for hydroxylation is 2. The van der Waals surface area contributed by atoms with Gasteiger partial charge in [0.25, 0.3) is 0 Å². The molecule has 0 bridgehead atoms. The van der Waals surface area contributed by atoms with Crippen LogP contribution >= 0.6 is 12.2 Å². The maximum atomic E-state index is 13.0. The Hall–Kier alpha value is -2.93. The fourth-order valence-corrected chi connectivity index (χ4v) is 4.66. The summed E-state index contributed by atoms with van der Waals surface area (Å²) in [4.78, 5) is 15.0. The molecule has 2 heterocycles. The summed E-state index contributed by atoms with van der Waals surface area (Å²) in [6, 6.07) is 16.5. The summed E-state index contributed by atoms with van der Waals surface area (Å²) in [6.45, 7) is 6.56. The van der Waals surface area contributed by atoms with Gasteiger partial charge in [0.1, 0.15) is 12.3 Å². The van der Waals surface area contributed by atoms with Crippen LogP contribution < -0.4 is 4.74 Å². The Labute approximate surface area is 200 Å². The van der Waals surface area contributed by atoms with E-state index in [1.807, 2.05) is 53.6 Å². The van der Waals surface area contributed by atoms with Gasteiger partial charge in [0, 0.05) is 18.7 Å². The van der Waals surface area contributed by atoms with Crippen LogP contribution in [0, 0.1) is 17.6 Å². The fraction of sp³-hybridized carbons (Fsp3) is 0.423. The highest BCUT2D eigenvalue weighted by molar-refractivity contribution is 7.71. The Morgan fingerprint density at radius 2 is 1.94 bits per heavy atom. The molecule has 1 aliphatic heterocycles. The van der Waals surface area contributed by atoms with Gasteiger partial charge in [-0.2, -0.15) is 5.10 Å². The molecule has 1 aliphatic rings. The number of ether oxygens (including phenoxy) is 1. The molecule has 0 atom stereocenters. The molecule has 0 radical (unpaired) electrons. The number of likely N-dealkylation sites (tertiary alicyclic amines) is 1. The van der Waals surface area contributed by atoms with Crippen molar-refractivity contribution in [1.82, 2.24) is 19.7 Å². The SMILES string of the molecule is CCOc1ccc(CCC2CCN(C(=O)Cn3c(-c4cccc(C)c4)n[nH]c3=S)CC2)cc1. The van der Waals surface area contributed by atoms with E-state index in [0.29, 0.717) is 23.1 Å². The second-order valence-corrected chi connectivity index (χ2v) is 9.13. The third kappa shape index (κ3) is 5.90. The van der Waals surface area contributed by atoms with Gasteiger partial charge in [-0.25, -0.2) is 0 Å². The molecular formula is C26H32N4O2S. The summed E-state index contributed by atoms with van der Waals surface area (Å²) < 4.78 is 7.81. The predicted molar refractivity (Wildman–Crippen MR) is 133 cm³/mol. The largest absolute Gasteiger partial charge is 0.494 e. The number of aromatic amines is 1. The molecule has 1 saturated heterocycles. The number of hydrogen-bond donors (Lipinski definition) is 1. The molecule has 6 nitrogen and oxygen atoms in total. The first-order valence-corrected chi connectivity index (χ1v) is 12.2. The van der Waals surface area contributed by atoms with Crippen molar-refractivity contribution in [2.75, 3.05) is 19.7 Å². The molecule has 0 saturated carbocycles. The Bertz CT molecular complexity index is 1130. The fourth-order valence-electron chi connectivity index (χ4n) is 4.46. The number of hydrogen-bond acceptors (Lipinski definition) is 4. The van der Waals surface area contributed by atoms with Gasteiger partial charge < -0.3 is 9.64 Å². The number of benzene rings is 2. The molecule has 7 heteroatoms. The minimum Gasteiger partial charge on any atom is -0.494 e.